The minimum atomic E-state index is -0.452. The van der Waals surface area contributed by atoms with Crippen LogP contribution in [-0.2, 0) is 9.53 Å². The highest BCUT2D eigenvalue weighted by atomic mass is 127. The second-order valence-electron chi connectivity index (χ2n) is 4.07. The summed E-state index contributed by atoms with van der Waals surface area (Å²) in [6, 6.07) is 4.01. The Morgan fingerprint density at radius 3 is 2.80 bits per heavy atom. The first-order valence-electron chi connectivity index (χ1n) is 5.93. The number of carbonyl (C=O) groups excluding carboxylic acids is 1. The van der Waals surface area contributed by atoms with E-state index in [4.69, 9.17) is 4.74 Å². The molecule has 1 rings (SSSR count). The first-order chi connectivity index (χ1) is 9.45. The lowest BCUT2D eigenvalue weighted by molar-refractivity contribution is -0.384. The van der Waals surface area contributed by atoms with Crippen molar-refractivity contribution in [2.75, 3.05) is 25.6 Å². The molecular weight excluding hydrogens is 377 g/mol. The van der Waals surface area contributed by atoms with E-state index in [9.17, 15) is 14.9 Å². The molecule has 7 nitrogen and oxygen atoms in total. The van der Waals surface area contributed by atoms with Crippen LogP contribution in [0.2, 0.25) is 0 Å². The minimum Gasteiger partial charge on any atom is -0.383 e. The van der Waals surface area contributed by atoms with E-state index in [2.05, 4.69) is 10.6 Å². The number of nitrogens with one attached hydrogen (secondary N) is 2. The van der Waals surface area contributed by atoms with E-state index in [0.29, 0.717) is 22.4 Å². The van der Waals surface area contributed by atoms with Crippen LogP contribution in [0.15, 0.2) is 18.2 Å². The Morgan fingerprint density at radius 1 is 1.55 bits per heavy atom. The van der Waals surface area contributed by atoms with Crippen LogP contribution in [0.5, 0.6) is 0 Å². The van der Waals surface area contributed by atoms with Crippen molar-refractivity contribution >= 4 is 39.9 Å². The smallest absolute Gasteiger partial charge is 0.270 e. The molecule has 0 bridgehead atoms. The molecule has 1 atom stereocenters. The van der Waals surface area contributed by atoms with E-state index in [1.807, 2.05) is 22.6 Å². The third-order valence-corrected chi connectivity index (χ3v) is 3.43. The molecule has 0 aliphatic carbocycles. The molecule has 0 saturated carbocycles. The van der Waals surface area contributed by atoms with Gasteiger partial charge < -0.3 is 15.4 Å². The van der Waals surface area contributed by atoms with Crippen LogP contribution in [0, 0.1) is 13.7 Å². The molecule has 110 valence electrons. The molecule has 1 aromatic carbocycles. The van der Waals surface area contributed by atoms with Crippen LogP contribution in [-0.4, -0.2) is 37.1 Å². The molecule has 0 aromatic heterocycles. The van der Waals surface area contributed by atoms with Crippen molar-refractivity contribution in [3.05, 3.63) is 31.9 Å². The van der Waals surface area contributed by atoms with Gasteiger partial charge in [0.05, 0.1) is 11.5 Å². The van der Waals surface area contributed by atoms with E-state index in [1.165, 1.54) is 12.1 Å². The second kappa shape index (κ2) is 8.00. The van der Waals surface area contributed by atoms with Crippen molar-refractivity contribution < 1.29 is 14.5 Å². The van der Waals surface area contributed by atoms with E-state index >= 15 is 0 Å². The topological polar surface area (TPSA) is 93.5 Å². The number of hydrogen-bond acceptors (Lipinski definition) is 5. The summed E-state index contributed by atoms with van der Waals surface area (Å²) in [4.78, 5) is 22.0. The predicted octanol–water partition coefficient (Wildman–Crippen LogP) is 1.76. The average Bonchev–Trinajstić information content (AvgIpc) is 2.40. The number of anilines is 1. The zero-order valence-electron chi connectivity index (χ0n) is 11.2. The number of halogens is 1. The first kappa shape index (κ1) is 16.6. The predicted molar refractivity (Wildman–Crippen MR) is 83.8 cm³/mol. The van der Waals surface area contributed by atoms with Gasteiger partial charge in [-0.05, 0) is 35.6 Å². The number of non-ortho nitro benzene ring substituents is 1. The zero-order chi connectivity index (χ0) is 15.1. The number of nitro groups is 1. The van der Waals surface area contributed by atoms with Crippen molar-refractivity contribution in [1.29, 1.82) is 0 Å². The fourth-order valence-corrected chi connectivity index (χ4v) is 2.12. The van der Waals surface area contributed by atoms with Gasteiger partial charge in [-0.1, -0.05) is 0 Å². The highest BCUT2D eigenvalue weighted by Gasteiger charge is 2.15. The third-order valence-electron chi connectivity index (χ3n) is 2.53. The molecule has 0 aliphatic rings. The van der Waals surface area contributed by atoms with Crippen LogP contribution in [0.4, 0.5) is 11.4 Å². The Balaban J connectivity index is 2.63. The van der Waals surface area contributed by atoms with Gasteiger partial charge in [-0.2, -0.15) is 0 Å². The summed E-state index contributed by atoms with van der Waals surface area (Å²) in [6.07, 6.45) is 0. The van der Waals surface area contributed by atoms with Crippen molar-refractivity contribution in [2.24, 2.45) is 0 Å². The van der Waals surface area contributed by atoms with Crippen LogP contribution >= 0.6 is 22.6 Å². The summed E-state index contributed by atoms with van der Waals surface area (Å²) in [5, 5.41) is 16.4. The standard InChI is InChI=1S/C12H16IN3O4/c1-8(12(17)14-5-6-20-2)15-11-4-3-9(16(18)19)7-10(11)13/h3-4,7-8,15H,5-6H2,1-2H3,(H,14,17). The second-order valence-corrected chi connectivity index (χ2v) is 5.23. The quantitative estimate of drug-likeness (QED) is 0.319. The van der Waals surface area contributed by atoms with Gasteiger partial charge in [0.1, 0.15) is 6.04 Å². The number of hydrogen-bond donors (Lipinski definition) is 2. The molecule has 8 heteroatoms. The molecule has 2 N–H and O–H groups in total. The van der Waals surface area contributed by atoms with Crippen LogP contribution in [0.3, 0.4) is 0 Å². The Morgan fingerprint density at radius 2 is 2.25 bits per heavy atom. The maximum absolute atomic E-state index is 11.8. The van der Waals surface area contributed by atoms with Crippen molar-refractivity contribution in [2.45, 2.75) is 13.0 Å². The number of nitrogens with zero attached hydrogens (tertiary/aromatic N) is 1. The lowest BCUT2D eigenvalue weighted by atomic mass is 10.2. The Labute approximate surface area is 130 Å². The van der Waals surface area contributed by atoms with E-state index < -0.39 is 11.0 Å². The summed E-state index contributed by atoms with van der Waals surface area (Å²) < 4.78 is 5.53. The monoisotopic (exact) mass is 393 g/mol. The number of benzene rings is 1. The molecule has 0 fully saturated rings. The first-order valence-corrected chi connectivity index (χ1v) is 7.00. The Bertz CT molecular complexity index is 496. The molecule has 1 aromatic rings. The Kier molecular flexibility index (Phi) is 6.65. The summed E-state index contributed by atoms with van der Waals surface area (Å²) in [5.74, 6) is -0.156. The number of ether oxygens (including phenoxy) is 1. The number of amides is 1. The fraction of sp³-hybridized carbons (Fsp3) is 0.417. The summed E-state index contributed by atoms with van der Waals surface area (Å²) in [6.45, 7) is 2.62. The largest absolute Gasteiger partial charge is 0.383 e. The molecule has 0 radical (unpaired) electrons. The van der Waals surface area contributed by atoms with Gasteiger partial charge in [0.2, 0.25) is 5.91 Å². The SMILES string of the molecule is COCCNC(=O)C(C)Nc1ccc([N+](=O)[O-])cc1I. The summed E-state index contributed by atoms with van der Waals surface area (Å²) in [5.41, 5.74) is 0.711. The van der Waals surface area contributed by atoms with Crippen LogP contribution < -0.4 is 10.6 Å². The van der Waals surface area contributed by atoms with Crippen molar-refractivity contribution in [3.8, 4) is 0 Å². The summed E-state index contributed by atoms with van der Waals surface area (Å²) in [7, 11) is 1.56. The summed E-state index contributed by atoms with van der Waals surface area (Å²) >= 11 is 1.99. The number of nitro benzene ring substituents is 1. The third kappa shape index (κ3) is 4.93. The lowest BCUT2D eigenvalue weighted by Crippen LogP contribution is -2.39. The van der Waals surface area contributed by atoms with Gasteiger partial charge in [-0.3, -0.25) is 14.9 Å². The molecule has 1 unspecified atom stereocenters. The number of rotatable bonds is 7. The van der Waals surface area contributed by atoms with E-state index in [-0.39, 0.29) is 11.6 Å². The molecule has 20 heavy (non-hydrogen) atoms. The number of methoxy groups -OCH3 is 1. The Hall–Kier alpha value is -1.42. The van der Waals surface area contributed by atoms with Crippen LogP contribution in [0.1, 0.15) is 6.92 Å². The van der Waals surface area contributed by atoms with Gasteiger partial charge in [0.25, 0.3) is 5.69 Å². The molecule has 0 saturated heterocycles. The minimum absolute atomic E-state index is 0.0251. The van der Waals surface area contributed by atoms with Crippen molar-refractivity contribution in [1.82, 2.24) is 5.32 Å². The van der Waals surface area contributed by atoms with Gasteiger partial charge in [-0.15, -0.1) is 0 Å². The van der Waals surface area contributed by atoms with E-state index in [0.717, 1.165) is 0 Å². The van der Waals surface area contributed by atoms with Gasteiger partial charge in [0, 0.05) is 35.0 Å². The van der Waals surface area contributed by atoms with Crippen LogP contribution in [0.25, 0.3) is 0 Å². The molecule has 1 amide bonds. The van der Waals surface area contributed by atoms with Gasteiger partial charge >= 0.3 is 0 Å². The van der Waals surface area contributed by atoms with Gasteiger partial charge in [0.15, 0.2) is 0 Å². The molecular formula is C12H16IN3O4. The van der Waals surface area contributed by atoms with Crippen molar-refractivity contribution in [3.63, 3.8) is 0 Å². The van der Waals surface area contributed by atoms with E-state index in [1.54, 1.807) is 20.1 Å². The average molecular weight is 393 g/mol. The highest BCUT2D eigenvalue weighted by molar-refractivity contribution is 14.1. The molecule has 0 aliphatic heterocycles. The highest BCUT2D eigenvalue weighted by Crippen LogP contribution is 2.24. The number of carbonyl (C=O) groups is 1. The fourth-order valence-electron chi connectivity index (χ4n) is 1.46. The maximum atomic E-state index is 11.8. The molecule has 0 heterocycles. The zero-order valence-corrected chi connectivity index (χ0v) is 13.3. The van der Waals surface area contributed by atoms with Gasteiger partial charge in [-0.25, -0.2) is 0 Å². The maximum Gasteiger partial charge on any atom is 0.270 e. The normalized spacial score (nSPS) is 11.8. The molecule has 0 spiro atoms. The lowest BCUT2D eigenvalue weighted by Gasteiger charge is -2.16.